The minimum absolute atomic E-state index is 0.0615. The van der Waals surface area contributed by atoms with Gasteiger partial charge in [0.25, 0.3) is 5.91 Å². The number of nitrogens with zero attached hydrogens (tertiary/aromatic N) is 2. The molecule has 3 amide bonds. The highest BCUT2D eigenvalue weighted by atomic mass is 19.1. The molecule has 0 unspecified atom stereocenters. The number of nitrogens with one attached hydrogen (secondary N) is 2. The van der Waals surface area contributed by atoms with Crippen molar-refractivity contribution in [2.75, 3.05) is 5.32 Å². The predicted molar refractivity (Wildman–Crippen MR) is 142 cm³/mol. The Kier molecular flexibility index (Phi) is 7.28. The lowest BCUT2D eigenvalue weighted by atomic mass is 9.89. The fourth-order valence-corrected chi connectivity index (χ4v) is 6.77. The quantitative estimate of drug-likeness (QED) is 0.532. The van der Waals surface area contributed by atoms with Gasteiger partial charge in [0, 0.05) is 24.4 Å². The van der Waals surface area contributed by atoms with Crippen LogP contribution in [0.25, 0.3) is 10.9 Å². The smallest absolute Gasteiger partial charge is 0.273 e. The largest absolute Gasteiger partial charge is 0.351 e. The summed E-state index contributed by atoms with van der Waals surface area (Å²) in [5.41, 5.74) is 0.207. The monoisotopic (exact) mass is 510 g/mol. The van der Waals surface area contributed by atoms with Crippen LogP contribution >= 0.6 is 0 Å². The second-order valence-electron chi connectivity index (χ2n) is 11.4. The van der Waals surface area contributed by atoms with Crippen LogP contribution in [0.15, 0.2) is 18.2 Å². The normalized spacial score (nSPS) is 23.9. The molecule has 1 aromatic carbocycles. The summed E-state index contributed by atoms with van der Waals surface area (Å²) in [6.45, 7) is 3.53. The molecular weight excluding hydrogens is 471 g/mol. The average Bonchev–Trinajstić information content (AvgIpc) is 3.12. The molecular formula is C29H39FN4O3. The minimum Gasteiger partial charge on any atom is -0.351 e. The number of halogens is 1. The van der Waals surface area contributed by atoms with Crippen molar-refractivity contribution in [2.45, 2.75) is 115 Å². The van der Waals surface area contributed by atoms with Crippen molar-refractivity contribution in [3.8, 4) is 0 Å². The Labute approximate surface area is 218 Å². The van der Waals surface area contributed by atoms with E-state index in [1.165, 1.54) is 31.9 Å². The first-order chi connectivity index (χ1) is 17.8. The second-order valence-corrected chi connectivity index (χ2v) is 11.4. The maximum Gasteiger partial charge on any atom is 0.273 e. The molecule has 0 radical (unpaired) electrons. The van der Waals surface area contributed by atoms with Crippen LogP contribution in [-0.4, -0.2) is 44.8 Å². The number of benzene rings is 1. The van der Waals surface area contributed by atoms with Gasteiger partial charge in [0.05, 0.1) is 17.7 Å². The van der Waals surface area contributed by atoms with Gasteiger partial charge >= 0.3 is 0 Å². The van der Waals surface area contributed by atoms with E-state index in [0.29, 0.717) is 22.3 Å². The fourth-order valence-electron chi connectivity index (χ4n) is 6.77. The fraction of sp³-hybridized carbons (Fsp3) is 0.621. The molecule has 5 rings (SSSR count). The standard InChI is InChI=1S/C29H39FN4O3/c1-19(35)31-25-23-17-20(30)15-16-24(23)33-18-29(2,28(37)32-21-11-7-3-4-8-12-21)34(27(36)26(25)33)22-13-9-5-6-10-14-22/h15-17,21-22H,3-14,18H2,1-2H3,(H,31,35)(H,32,37)/t29-/m1/s1. The number of aromatic nitrogens is 1. The van der Waals surface area contributed by atoms with Crippen molar-refractivity contribution in [2.24, 2.45) is 0 Å². The van der Waals surface area contributed by atoms with E-state index in [1.54, 1.807) is 6.07 Å². The average molecular weight is 511 g/mol. The van der Waals surface area contributed by atoms with E-state index in [0.717, 1.165) is 64.2 Å². The number of anilines is 1. The molecule has 2 saturated carbocycles. The first-order valence-electron chi connectivity index (χ1n) is 14.0. The summed E-state index contributed by atoms with van der Waals surface area (Å²) < 4.78 is 16.1. The summed E-state index contributed by atoms with van der Waals surface area (Å²) in [6.07, 6.45) is 12.5. The van der Waals surface area contributed by atoms with Gasteiger partial charge in [-0.05, 0) is 50.8 Å². The zero-order chi connectivity index (χ0) is 26.2. The van der Waals surface area contributed by atoms with Crippen LogP contribution in [0.4, 0.5) is 10.1 Å². The van der Waals surface area contributed by atoms with E-state index >= 15 is 0 Å². The van der Waals surface area contributed by atoms with Gasteiger partial charge in [-0.25, -0.2) is 4.39 Å². The SMILES string of the molecule is CC(=O)Nc1c2n(c3ccc(F)cc13)C[C@](C)(C(=O)NC1CCCCCC1)N(C1CCCCCC1)C2=O. The Morgan fingerprint density at radius 1 is 0.973 bits per heavy atom. The molecule has 0 bridgehead atoms. The Morgan fingerprint density at radius 2 is 1.59 bits per heavy atom. The molecule has 200 valence electrons. The summed E-state index contributed by atoms with van der Waals surface area (Å²) >= 11 is 0. The van der Waals surface area contributed by atoms with Gasteiger partial charge in [-0.2, -0.15) is 0 Å². The topological polar surface area (TPSA) is 83.4 Å². The Hall–Kier alpha value is -2.90. The molecule has 0 spiro atoms. The molecule has 2 N–H and O–H groups in total. The van der Waals surface area contributed by atoms with Crippen LogP contribution in [0.1, 0.15) is 101 Å². The first kappa shape index (κ1) is 25.7. The number of hydrogen-bond donors (Lipinski definition) is 2. The molecule has 7 nitrogen and oxygen atoms in total. The Morgan fingerprint density at radius 3 is 2.22 bits per heavy atom. The third-order valence-electron chi connectivity index (χ3n) is 8.61. The number of carbonyl (C=O) groups excluding carboxylic acids is 3. The maximum atomic E-state index is 14.4. The lowest BCUT2D eigenvalue weighted by Crippen LogP contribution is -2.67. The van der Waals surface area contributed by atoms with Gasteiger partial charge in [0.2, 0.25) is 11.8 Å². The van der Waals surface area contributed by atoms with Crippen molar-refractivity contribution in [1.82, 2.24) is 14.8 Å². The number of rotatable bonds is 4. The summed E-state index contributed by atoms with van der Waals surface area (Å²) in [5.74, 6) is -1.15. The summed E-state index contributed by atoms with van der Waals surface area (Å²) in [6, 6.07) is 4.41. The molecule has 1 atom stereocenters. The molecule has 37 heavy (non-hydrogen) atoms. The highest BCUT2D eigenvalue weighted by Crippen LogP contribution is 2.41. The highest BCUT2D eigenvalue weighted by Gasteiger charge is 2.51. The number of carbonyl (C=O) groups is 3. The lowest BCUT2D eigenvalue weighted by molar-refractivity contribution is -0.135. The molecule has 2 fully saturated rings. The first-order valence-corrected chi connectivity index (χ1v) is 14.0. The van der Waals surface area contributed by atoms with E-state index in [4.69, 9.17) is 0 Å². The van der Waals surface area contributed by atoms with Crippen molar-refractivity contribution < 1.29 is 18.8 Å². The molecule has 1 aliphatic heterocycles. The zero-order valence-corrected chi connectivity index (χ0v) is 22.1. The maximum absolute atomic E-state index is 14.4. The van der Waals surface area contributed by atoms with Gasteiger partial charge < -0.3 is 20.1 Å². The van der Waals surface area contributed by atoms with Crippen LogP contribution in [0.3, 0.4) is 0 Å². The summed E-state index contributed by atoms with van der Waals surface area (Å²) in [7, 11) is 0. The molecule has 3 aliphatic rings. The molecule has 1 aromatic heterocycles. The molecule has 8 heteroatoms. The van der Waals surface area contributed by atoms with Crippen LogP contribution in [0, 0.1) is 5.82 Å². The van der Waals surface area contributed by atoms with E-state index in [2.05, 4.69) is 10.6 Å². The van der Waals surface area contributed by atoms with Gasteiger partial charge in [-0.3, -0.25) is 14.4 Å². The number of amides is 3. The van der Waals surface area contributed by atoms with E-state index in [9.17, 15) is 18.8 Å². The van der Waals surface area contributed by atoms with Gasteiger partial charge in [0.15, 0.2) is 0 Å². The summed E-state index contributed by atoms with van der Waals surface area (Å²) in [4.78, 5) is 42.5. The third kappa shape index (κ3) is 4.87. The number of fused-ring (bicyclic) bond motifs is 3. The second kappa shape index (κ2) is 10.5. The molecule has 2 heterocycles. The van der Waals surface area contributed by atoms with Crippen molar-refractivity contribution >= 4 is 34.3 Å². The molecule has 0 saturated heterocycles. The number of hydrogen-bond acceptors (Lipinski definition) is 3. The van der Waals surface area contributed by atoms with Gasteiger partial charge in [0.1, 0.15) is 17.1 Å². The van der Waals surface area contributed by atoms with Crippen LogP contribution in [0.2, 0.25) is 0 Å². The zero-order valence-electron chi connectivity index (χ0n) is 22.1. The van der Waals surface area contributed by atoms with Crippen molar-refractivity contribution in [3.63, 3.8) is 0 Å². The Balaban J connectivity index is 1.62. The van der Waals surface area contributed by atoms with Gasteiger partial charge in [-0.1, -0.05) is 51.4 Å². The van der Waals surface area contributed by atoms with Crippen LogP contribution < -0.4 is 10.6 Å². The summed E-state index contributed by atoms with van der Waals surface area (Å²) in [5, 5.41) is 6.61. The van der Waals surface area contributed by atoms with E-state index < -0.39 is 11.4 Å². The van der Waals surface area contributed by atoms with E-state index in [-0.39, 0.29) is 36.3 Å². The van der Waals surface area contributed by atoms with Crippen molar-refractivity contribution in [3.05, 3.63) is 29.7 Å². The van der Waals surface area contributed by atoms with Gasteiger partial charge in [-0.15, -0.1) is 0 Å². The molecule has 2 aliphatic carbocycles. The van der Waals surface area contributed by atoms with Crippen LogP contribution in [-0.2, 0) is 16.1 Å². The van der Waals surface area contributed by atoms with Crippen LogP contribution in [0.5, 0.6) is 0 Å². The lowest BCUT2D eigenvalue weighted by Gasteiger charge is -2.48. The van der Waals surface area contributed by atoms with Crippen molar-refractivity contribution in [1.29, 1.82) is 0 Å². The van der Waals surface area contributed by atoms with E-state index in [1.807, 2.05) is 16.4 Å². The Bertz CT molecular complexity index is 1190. The molecule has 2 aromatic rings. The third-order valence-corrected chi connectivity index (χ3v) is 8.61. The minimum atomic E-state index is -1.10. The highest BCUT2D eigenvalue weighted by molar-refractivity contribution is 6.14. The predicted octanol–water partition coefficient (Wildman–Crippen LogP) is 5.52.